The minimum Gasteiger partial charge on any atom is -0.481 e. The molecule has 3 aromatic heterocycles. The van der Waals surface area contributed by atoms with Crippen LogP contribution in [0.1, 0.15) is 36.8 Å². The summed E-state index contributed by atoms with van der Waals surface area (Å²) in [6.07, 6.45) is 5.82. The van der Waals surface area contributed by atoms with E-state index < -0.39 is 5.82 Å². The molecule has 268 valence electrons. The molecule has 2 amide bonds. The van der Waals surface area contributed by atoms with E-state index in [0.29, 0.717) is 94.6 Å². The maximum atomic E-state index is 15.3. The summed E-state index contributed by atoms with van der Waals surface area (Å²) in [6, 6.07) is 15.4. The van der Waals surface area contributed by atoms with E-state index in [1.807, 2.05) is 18.2 Å². The Morgan fingerprint density at radius 1 is 0.846 bits per heavy atom. The highest BCUT2D eigenvalue weighted by atomic mass is 35.5. The van der Waals surface area contributed by atoms with Crippen molar-refractivity contribution < 1.29 is 18.7 Å². The lowest BCUT2D eigenvalue weighted by atomic mass is 9.96. The largest absolute Gasteiger partial charge is 0.481 e. The number of carbonyl (C=O) groups excluding carboxylic acids is 2. The summed E-state index contributed by atoms with van der Waals surface area (Å²) < 4.78 is 22.3. The Morgan fingerprint density at radius 2 is 1.50 bits per heavy atom. The first-order valence-electron chi connectivity index (χ1n) is 17.0. The van der Waals surface area contributed by atoms with Crippen LogP contribution >= 0.6 is 23.2 Å². The second-order valence-electron chi connectivity index (χ2n) is 12.9. The highest BCUT2D eigenvalue weighted by Gasteiger charge is 2.22. The molecular formula is C38H36Cl2FN7O4. The van der Waals surface area contributed by atoms with Crippen LogP contribution in [-0.2, 0) is 22.7 Å². The molecule has 0 radical (unpaired) electrons. The van der Waals surface area contributed by atoms with Crippen LogP contribution in [0.15, 0.2) is 71.8 Å². The van der Waals surface area contributed by atoms with E-state index in [2.05, 4.69) is 31.2 Å². The Balaban J connectivity index is 1.12. The normalized spacial score (nSPS) is 17.1. The molecule has 2 saturated heterocycles. The third kappa shape index (κ3) is 7.51. The smallest absolute Gasteiger partial charge is 0.262 e. The highest BCUT2D eigenvalue weighted by Crippen LogP contribution is 2.43. The van der Waals surface area contributed by atoms with E-state index in [1.54, 1.807) is 36.7 Å². The SMILES string of the molecule is COc1nc(-c2cc(F)cc(-c3cccc(-c4ccn5c(=O)c(CNCC6CCC(=O)N6)cnc5c4)c3Cl)c2Cl)ccc1CNCC1CCC(=O)N1. The number of nitrogens with zero attached hydrogens (tertiary/aromatic N) is 3. The quantitative estimate of drug-likeness (QED) is 0.136. The molecule has 0 bridgehead atoms. The molecule has 2 atom stereocenters. The van der Waals surface area contributed by atoms with E-state index in [-0.39, 0.29) is 34.5 Å². The van der Waals surface area contributed by atoms with Gasteiger partial charge in [0.05, 0.1) is 22.8 Å². The predicted octanol–water partition coefficient (Wildman–Crippen LogP) is 5.28. The van der Waals surface area contributed by atoms with E-state index in [1.165, 1.54) is 23.6 Å². The monoisotopic (exact) mass is 743 g/mol. The maximum Gasteiger partial charge on any atom is 0.262 e. The molecule has 2 aromatic carbocycles. The lowest BCUT2D eigenvalue weighted by Crippen LogP contribution is -2.36. The minimum atomic E-state index is -0.520. The Hall–Kier alpha value is -4.88. The molecule has 2 aliphatic rings. The van der Waals surface area contributed by atoms with Gasteiger partial charge in [0, 0.05) is 96.9 Å². The average Bonchev–Trinajstić information content (AvgIpc) is 3.76. The van der Waals surface area contributed by atoms with Crippen molar-refractivity contribution in [2.75, 3.05) is 20.2 Å². The average molecular weight is 745 g/mol. The second-order valence-corrected chi connectivity index (χ2v) is 13.7. The van der Waals surface area contributed by atoms with Crippen molar-refractivity contribution in [2.45, 2.75) is 50.9 Å². The summed E-state index contributed by atoms with van der Waals surface area (Å²) in [4.78, 5) is 45.4. The number of rotatable bonds is 12. The molecule has 2 aliphatic heterocycles. The van der Waals surface area contributed by atoms with Gasteiger partial charge in [0.15, 0.2) is 0 Å². The predicted molar refractivity (Wildman–Crippen MR) is 198 cm³/mol. The van der Waals surface area contributed by atoms with Gasteiger partial charge in [0.25, 0.3) is 5.56 Å². The van der Waals surface area contributed by atoms with Gasteiger partial charge in [-0.1, -0.05) is 47.5 Å². The first kappa shape index (κ1) is 35.5. The Labute approximate surface area is 308 Å². The Morgan fingerprint density at radius 3 is 2.17 bits per heavy atom. The molecule has 11 nitrogen and oxygen atoms in total. The van der Waals surface area contributed by atoms with Gasteiger partial charge in [-0.3, -0.25) is 18.8 Å². The zero-order chi connectivity index (χ0) is 36.4. The maximum absolute atomic E-state index is 15.3. The zero-order valence-electron chi connectivity index (χ0n) is 28.3. The third-order valence-corrected chi connectivity index (χ3v) is 10.2. The summed E-state index contributed by atoms with van der Waals surface area (Å²) in [5, 5.41) is 13.0. The molecule has 52 heavy (non-hydrogen) atoms. The van der Waals surface area contributed by atoms with Gasteiger partial charge in [0.2, 0.25) is 17.7 Å². The number of hydrogen-bond donors (Lipinski definition) is 4. The van der Waals surface area contributed by atoms with Crippen molar-refractivity contribution in [1.82, 2.24) is 35.6 Å². The van der Waals surface area contributed by atoms with Gasteiger partial charge in [-0.2, -0.15) is 0 Å². The van der Waals surface area contributed by atoms with Crippen LogP contribution in [-0.4, -0.2) is 58.5 Å². The summed E-state index contributed by atoms with van der Waals surface area (Å²) in [5.41, 5.74) is 4.59. The van der Waals surface area contributed by atoms with Gasteiger partial charge < -0.3 is 26.0 Å². The molecule has 0 aliphatic carbocycles. The molecule has 5 heterocycles. The van der Waals surface area contributed by atoms with Crippen molar-refractivity contribution >= 4 is 40.7 Å². The standard InChI is InChI=1S/C38H36Cl2FN7O4/c1-52-37-22(16-42-19-25-6-9-33(49)45-25)5-8-31(47-37)30-15-24(41)14-29(36(30)40)28-4-2-3-27(35(28)39)21-11-12-48-32(13-21)44-18-23(38(48)51)17-43-20-26-7-10-34(50)46-26/h2-5,8,11-15,18,25-26,42-43H,6-7,9-10,16-17,19-20H2,1H3,(H,45,49)(H,46,50). The number of carbonyl (C=O) groups is 2. The van der Waals surface area contributed by atoms with Gasteiger partial charge in [-0.15, -0.1) is 0 Å². The first-order valence-corrected chi connectivity index (χ1v) is 17.8. The third-order valence-electron chi connectivity index (χ3n) is 9.41. The molecule has 14 heteroatoms. The Bertz CT molecular complexity index is 2250. The Kier molecular flexibility index (Phi) is 10.5. The topological polar surface area (TPSA) is 139 Å². The lowest BCUT2D eigenvalue weighted by molar-refractivity contribution is -0.120. The molecule has 5 aromatic rings. The summed E-state index contributed by atoms with van der Waals surface area (Å²) in [7, 11) is 1.52. The van der Waals surface area contributed by atoms with Crippen molar-refractivity contribution in [3.8, 4) is 39.4 Å². The first-order chi connectivity index (χ1) is 25.2. The zero-order valence-corrected chi connectivity index (χ0v) is 29.8. The van der Waals surface area contributed by atoms with Crippen LogP contribution in [0, 0.1) is 5.82 Å². The van der Waals surface area contributed by atoms with Crippen LogP contribution in [0.5, 0.6) is 5.88 Å². The highest BCUT2D eigenvalue weighted by molar-refractivity contribution is 6.39. The number of pyridine rings is 2. The number of fused-ring (bicyclic) bond motifs is 1. The van der Waals surface area contributed by atoms with Crippen molar-refractivity contribution in [3.05, 3.63) is 104 Å². The molecule has 0 saturated carbocycles. The van der Waals surface area contributed by atoms with E-state index in [4.69, 9.17) is 27.9 Å². The fraction of sp³-hybridized carbons (Fsp3) is 0.289. The van der Waals surface area contributed by atoms with Crippen molar-refractivity contribution in [2.24, 2.45) is 0 Å². The molecule has 2 unspecified atom stereocenters. The molecule has 2 fully saturated rings. The van der Waals surface area contributed by atoms with Gasteiger partial charge in [-0.25, -0.2) is 14.4 Å². The number of benzene rings is 2. The van der Waals surface area contributed by atoms with E-state index >= 15 is 4.39 Å². The van der Waals surface area contributed by atoms with Crippen LogP contribution in [0.4, 0.5) is 4.39 Å². The van der Waals surface area contributed by atoms with Crippen LogP contribution in [0.3, 0.4) is 0 Å². The second kappa shape index (κ2) is 15.4. The summed E-state index contributed by atoms with van der Waals surface area (Å²) in [6.45, 7) is 1.97. The van der Waals surface area contributed by atoms with Crippen LogP contribution in [0.25, 0.3) is 39.2 Å². The summed E-state index contributed by atoms with van der Waals surface area (Å²) in [5.74, 6) is -0.0448. The molecule has 7 rings (SSSR count). The van der Waals surface area contributed by atoms with Crippen molar-refractivity contribution in [1.29, 1.82) is 0 Å². The number of aromatic nitrogens is 3. The van der Waals surface area contributed by atoms with Crippen LogP contribution < -0.4 is 31.6 Å². The number of ether oxygens (including phenoxy) is 1. The lowest BCUT2D eigenvalue weighted by Gasteiger charge is -2.16. The fourth-order valence-corrected chi connectivity index (χ4v) is 7.33. The molecule has 4 N–H and O–H groups in total. The van der Waals surface area contributed by atoms with Gasteiger partial charge >= 0.3 is 0 Å². The minimum absolute atomic E-state index is 0.0442. The number of nitrogens with one attached hydrogen (secondary N) is 4. The molecule has 0 spiro atoms. The molecular weight excluding hydrogens is 708 g/mol. The summed E-state index contributed by atoms with van der Waals surface area (Å²) >= 11 is 14.0. The van der Waals surface area contributed by atoms with E-state index in [0.717, 1.165) is 18.4 Å². The van der Waals surface area contributed by atoms with Crippen LogP contribution in [0.2, 0.25) is 10.0 Å². The fourth-order valence-electron chi connectivity index (χ4n) is 6.69. The van der Waals surface area contributed by atoms with E-state index in [9.17, 15) is 14.4 Å². The van der Waals surface area contributed by atoms with Gasteiger partial charge in [-0.05, 0) is 48.7 Å². The number of methoxy groups -OCH3 is 1. The number of halogens is 3. The van der Waals surface area contributed by atoms with Crippen molar-refractivity contribution in [3.63, 3.8) is 0 Å². The number of amides is 2. The number of hydrogen-bond acceptors (Lipinski definition) is 8. The van der Waals surface area contributed by atoms with Gasteiger partial charge in [0.1, 0.15) is 11.5 Å².